The summed E-state index contributed by atoms with van der Waals surface area (Å²) in [7, 11) is 0. The molecule has 0 radical (unpaired) electrons. The molecule has 0 bridgehead atoms. The number of ether oxygens (including phenoxy) is 1. The monoisotopic (exact) mass is 439 g/mol. The molecular formula is C27H37NO4. The van der Waals surface area contributed by atoms with E-state index in [1.54, 1.807) is 12.1 Å². The number of nitrogens with one attached hydrogen (secondary N) is 1. The lowest BCUT2D eigenvalue weighted by molar-refractivity contribution is -0.159. The Hall–Kier alpha value is -1.88. The summed E-state index contributed by atoms with van der Waals surface area (Å²) in [6, 6.07) is 9.29. The van der Waals surface area contributed by atoms with E-state index >= 15 is 0 Å². The van der Waals surface area contributed by atoms with Crippen LogP contribution in [-0.4, -0.2) is 35.2 Å². The van der Waals surface area contributed by atoms with Crippen LogP contribution in [0.4, 0.5) is 0 Å². The third kappa shape index (κ3) is 3.30. The Labute approximate surface area is 191 Å². The Balaban J connectivity index is 1.35. The Kier molecular flexibility index (Phi) is 5.39. The van der Waals surface area contributed by atoms with Gasteiger partial charge in [-0.25, -0.2) is 4.79 Å². The Bertz CT molecular complexity index is 887. The number of hydrogen-bond donors (Lipinski definition) is 2. The Morgan fingerprint density at radius 2 is 1.75 bits per heavy atom. The van der Waals surface area contributed by atoms with Crippen LogP contribution < -0.4 is 5.32 Å². The van der Waals surface area contributed by atoms with Crippen LogP contribution >= 0.6 is 0 Å². The number of carbonyl (C=O) groups excluding carboxylic acids is 2. The highest BCUT2D eigenvalue weighted by Gasteiger charge is 2.63. The fraction of sp³-hybridized carbons (Fsp3) is 0.704. The summed E-state index contributed by atoms with van der Waals surface area (Å²) in [4.78, 5) is 26.1. The molecule has 5 rings (SSSR count). The second-order valence-electron chi connectivity index (χ2n) is 11.4. The number of aliphatic hydroxyl groups is 1. The van der Waals surface area contributed by atoms with E-state index in [1.807, 2.05) is 25.1 Å². The summed E-state index contributed by atoms with van der Waals surface area (Å²) in [5.41, 5.74) is 0.669. The van der Waals surface area contributed by atoms with E-state index in [9.17, 15) is 14.7 Å². The van der Waals surface area contributed by atoms with E-state index < -0.39 is 0 Å². The van der Waals surface area contributed by atoms with Gasteiger partial charge in [-0.3, -0.25) is 4.79 Å². The third-order valence-electron chi connectivity index (χ3n) is 10.00. The molecule has 1 amide bonds. The van der Waals surface area contributed by atoms with Gasteiger partial charge in [0.25, 0.3) is 0 Å². The zero-order valence-corrected chi connectivity index (χ0v) is 19.5. The lowest BCUT2D eigenvalue weighted by Gasteiger charge is -2.60. The van der Waals surface area contributed by atoms with Crippen LogP contribution in [0.15, 0.2) is 30.3 Å². The lowest BCUT2D eigenvalue weighted by Crippen LogP contribution is -2.66. The van der Waals surface area contributed by atoms with Crippen molar-refractivity contribution in [3.8, 4) is 0 Å². The van der Waals surface area contributed by atoms with Crippen LogP contribution in [0, 0.1) is 34.5 Å². The van der Waals surface area contributed by atoms with E-state index in [0.717, 1.165) is 38.5 Å². The summed E-state index contributed by atoms with van der Waals surface area (Å²) in [6.45, 7) is 6.72. The normalized spacial score (nSPS) is 43.9. The first-order chi connectivity index (χ1) is 15.2. The molecule has 0 aromatic heterocycles. The molecule has 1 aliphatic heterocycles. The first-order valence-electron chi connectivity index (χ1n) is 12.5. The highest BCUT2D eigenvalue weighted by molar-refractivity contribution is 5.89. The third-order valence-corrected chi connectivity index (χ3v) is 10.00. The fourth-order valence-corrected chi connectivity index (χ4v) is 8.20. The molecule has 5 nitrogen and oxygen atoms in total. The predicted octanol–water partition coefficient (Wildman–Crippen LogP) is 4.34. The summed E-state index contributed by atoms with van der Waals surface area (Å²) >= 11 is 0. The summed E-state index contributed by atoms with van der Waals surface area (Å²) in [5, 5.41) is 13.5. The van der Waals surface area contributed by atoms with E-state index in [0.29, 0.717) is 23.8 Å². The summed E-state index contributed by atoms with van der Waals surface area (Å²) in [5.74, 6) is 0.948. The van der Waals surface area contributed by atoms with Crippen LogP contribution in [0.25, 0.3) is 0 Å². The minimum Gasteiger partial charge on any atom is -0.459 e. The van der Waals surface area contributed by atoms with Crippen molar-refractivity contribution in [3.63, 3.8) is 0 Å². The molecule has 9 atom stereocenters. The van der Waals surface area contributed by atoms with Crippen molar-refractivity contribution in [3.05, 3.63) is 35.9 Å². The molecule has 5 heteroatoms. The second kappa shape index (κ2) is 7.86. The minimum absolute atomic E-state index is 0.00622. The molecule has 1 aromatic rings. The van der Waals surface area contributed by atoms with Crippen molar-refractivity contribution in [2.24, 2.45) is 34.5 Å². The standard InChI is InChI=1S/C27H37NO4/c1-16(32-25(31)17-7-5-4-6-8-17)19-9-10-20-23-21(12-14-26(19,20)2)27(3)13-11-18(29)15-22(27)28-24(23)30/h4-8,16,18-23,29H,9-15H2,1-3H3,(H,28,30)/t16-,18-,19-,20+,21+,22+,23+,26-,27-/m1/s1. The van der Waals surface area contributed by atoms with Crippen molar-refractivity contribution in [1.29, 1.82) is 0 Å². The van der Waals surface area contributed by atoms with E-state index in [2.05, 4.69) is 19.2 Å². The molecule has 3 saturated carbocycles. The molecular weight excluding hydrogens is 402 g/mol. The van der Waals surface area contributed by atoms with Gasteiger partial charge in [0, 0.05) is 17.9 Å². The maximum atomic E-state index is 13.4. The molecule has 0 spiro atoms. The number of aliphatic hydroxyl groups excluding tert-OH is 1. The first kappa shape index (κ1) is 21.9. The predicted molar refractivity (Wildman–Crippen MR) is 122 cm³/mol. The van der Waals surface area contributed by atoms with Crippen molar-refractivity contribution in [2.45, 2.75) is 84.0 Å². The number of piperidine rings is 1. The molecule has 174 valence electrons. The van der Waals surface area contributed by atoms with Gasteiger partial charge in [-0.05, 0) is 86.7 Å². The van der Waals surface area contributed by atoms with Gasteiger partial charge in [-0.2, -0.15) is 0 Å². The number of benzene rings is 1. The van der Waals surface area contributed by atoms with E-state index in [-0.39, 0.29) is 52.8 Å². The highest BCUT2D eigenvalue weighted by atomic mass is 16.5. The SMILES string of the molecule is C[C@@H](OC(=O)c1ccccc1)[C@H]1CC[C@H]2[C@@H]3C(=O)N[C@H]4C[C@H](O)CC[C@]4(C)[C@H]3CC[C@]12C. The average molecular weight is 440 g/mol. The van der Waals surface area contributed by atoms with Gasteiger partial charge in [0.05, 0.1) is 11.7 Å². The molecule has 32 heavy (non-hydrogen) atoms. The van der Waals surface area contributed by atoms with Crippen molar-refractivity contribution < 1.29 is 19.4 Å². The summed E-state index contributed by atoms with van der Waals surface area (Å²) < 4.78 is 5.95. The zero-order valence-electron chi connectivity index (χ0n) is 19.5. The smallest absolute Gasteiger partial charge is 0.338 e. The van der Waals surface area contributed by atoms with Gasteiger partial charge < -0.3 is 15.2 Å². The molecule has 2 N–H and O–H groups in total. The maximum Gasteiger partial charge on any atom is 0.338 e. The molecule has 4 fully saturated rings. The van der Waals surface area contributed by atoms with Crippen LogP contribution in [0.2, 0.25) is 0 Å². The van der Waals surface area contributed by atoms with E-state index in [4.69, 9.17) is 4.74 Å². The molecule has 3 aliphatic carbocycles. The molecule has 1 heterocycles. The van der Waals surface area contributed by atoms with Gasteiger partial charge in [0.2, 0.25) is 5.91 Å². The van der Waals surface area contributed by atoms with Gasteiger partial charge >= 0.3 is 5.97 Å². The molecule has 4 aliphatic rings. The number of rotatable bonds is 3. The van der Waals surface area contributed by atoms with E-state index in [1.165, 1.54) is 0 Å². The molecule has 1 saturated heterocycles. The molecule has 1 aromatic carbocycles. The average Bonchev–Trinajstić information content (AvgIpc) is 3.13. The van der Waals surface area contributed by atoms with Gasteiger partial charge in [-0.15, -0.1) is 0 Å². The quantitative estimate of drug-likeness (QED) is 0.687. The largest absolute Gasteiger partial charge is 0.459 e. The minimum atomic E-state index is -0.296. The number of carbonyl (C=O) groups is 2. The second-order valence-corrected chi connectivity index (χ2v) is 11.4. The number of fused-ring (bicyclic) bond motifs is 5. The van der Waals surface area contributed by atoms with Crippen LogP contribution in [0.3, 0.4) is 0 Å². The van der Waals surface area contributed by atoms with Crippen molar-refractivity contribution in [2.75, 3.05) is 0 Å². The van der Waals surface area contributed by atoms with Crippen LogP contribution in [0.5, 0.6) is 0 Å². The lowest BCUT2D eigenvalue weighted by atomic mass is 9.48. The van der Waals surface area contributed by atoms with Crippen molar-refractivity contribution >= 4 is 11.9 Å². The first-order valence-corrected chi connectivity index (χ1v) is 12.5. The number of hydrogen-bond acceptors (Lipinski definition) is 4. The van der Waals surface area contributed by atoms with Gasteiger partial charge in [0.1, 0.15) is 6.10 Å². The van der Waals surface area contributed by atoms with Crippen LogP contribution in [-0.2, 0) is 9.53 Å². The maximum absolute atomic E-state index is 13.4. The zero-order chi connectivity index (χ0) is 22.7. The highest BCUT2D eigenvalue weighted by Crippen LogP contribution is 2.65. The summed E-state index contributed by atoms with van der Waals surface area (Å²) in [6.07, 6.45) is 6.18. The van der Waals surface area contributed by atoms with Gasteiger partial charge in [-0.1, -0.05) is 32.0 Å². The number of esters is 1. The Morgan fingerprint density at radius 1 is 1.06 bits per heavy atom. The Morgan fingerprint density at radius 3 is 2.50 bits per heavy atom. The fourth-order valence-electron chi connectivity index (χ4n) is 8.20. The number of amides is 1. The topological polar surface area (TPSA) is 75.6 Å². The molecule has 0 unspecified atom stereocenters. The van der Waals surface area contributed by atoms with Gasteiger partial charge in [0.15, 0.2) is 0 Å². The van der Waals surface area contributed by atoms with Crippen LogP contribution in [0.1, 0.15) is 76.1 Å². The van der Waals surface area contributed by atoms with Crippen molar-refractivity contribution in [1.82, 2.24) is 5.32 Å².